The van der Waals surface area contributed by atoms with E-state index >= 15 is 0 Å². The minimum Gasteiger partial charge on any atom is -0.330 e. The van der Waals surface area contributed by atoms with E-state index in [1.165, 1.54) is 12.8 Å². The summed E-state index contributed by atoms with van der Waals surface area (Å²) in [5.74, 6) is -0.175. The number of amides is 1. The first-order chi connectivity index (χ1) is 8.81. The minimum atomic E-state index is -0.175. The van der Waals surface area contributed by atoms with E-state index in [0.29, 0.717) is 18.5 Å². The molecule has 0 aliphatic heterocycles. The van der Waals surface area contributed by atoms with Gasteiger partial charge >= 0.3 is 0 Å². The second-order valence-corrected chi connectivity index (χ2v) is 4.65. The van der Waals surface area contributed by atoms with Crippen molar-refractivity contribution < 1.29 is 9.63 Å². The van der Waals surface area contributed by atoms with Crippen molar-refractivity contribution in [1.29, 1.82) is 0 Å². The van der Waals surface area contributed by atoms with Gasteiger partial charge in [0.05, 0.1) is 6.10 Å². The predicted octanol–water partition coefficient (Wildman–Crippen LogP) is 1.79. The molecule has 0 heterocycles. The fraction of sp³-hybridized carbons (Fsp3) is 0.500. The molecule has 1 aliphatic carbocycles. The highest BCUT2D eigenvalue weighted by Crippen LogP contribution is 2.20. The molecule has 1 fully saturated rings. The van der Waals surface area contributed by atoms with Gasteiger partial charge in [0.15, 0.2) is 0 Å². The number of carbonyl (C=O) groups is 1. The Morgan fingerprint density at radius 1 is 1.33 bits per heavy atom. The lowest BCUT2D eigenvalue weighted by Gasteiger charge is -2.13. The van der Waals surface area contributed by atoms with E-state index < -0.39 is 0 Å². The summed E-state index contributed by atoms with van der Waals surface area (Å²) in [4.78, 5) is 17.4. The van der Waals surface area contributed by atoms with Crippen LogP contribution in [-0.2, 0) is 11.3 Å². The Kier molecular flexibility index (Phi) is 4.73. The maximum absolute atomic E-state index is 12.0. The smallest absolute Gasteiger partial charge is 0.275 e. The highest BCUT2D eigenvalue weighted by molar-refractivity contribution is 5.94. The molecule has 98 valence electrons. The lowest BCUT2D eigenvalue weighted by molar-refractivity contribution is -0.0125. The molecular weight excluding hydrogens is 228 g/mol. The number of carbonyl (C=O) groups excluding carboxylic acids is 1. The number of rotatable bonds is 5. The van der Waals surface area contributed by atoms with Crippen LogP contribution in [0, 0.1) is 0 Å². The molecule has 0 aromatic heterocycles. The molecule has 0 saturated heterocycles. The standard InChI is InChI=1S/C14H20N2O2/c15-10-9-11-5-1-4-8-13(11)14(17)16-18-12-6-2-3-7-12/h1,4-5,8,12H,2-3,6-7,9-10,15H2,(H,16,17). The number of nitrogens with one attached hydrogen (secondary N) is 1. The maximum atomic E-state index is 12.0. The Labute approximate surface area is 107 Å². The van der Waals surface area contributed by atoms with Crippen molar-refractivity contribution >= 4 is 5.91 Å². The maximum Gasteiger partial charge on any atom is 0.275 e. The van der Waals surface area contributed by atoms with Gasteiger partial charge in [-0.1, -0.05) is 31.0 Å². The van der Waals surface area contributed by atoms with Crippen LogP contribution in [0.15, 0.2) is 24.3 Å². The molecule has 0 radical (unpaired) electrons. The Hall–Kier alpha value is -1.39. The van der Waals surface area contributed by atoms with E-state index in [2.05, 4.69) is 5.48 Å². The van der Waals surface area contributed by atoms with Gasteiger partial charge in [-0.3, -0.25) is 9.63 Å². The number of hydrogen-bond acceptors (Lipinski definition) is 3. The van der Waals surface area contributed by atoms with Crippen LogP contribution in [0.25, 0.3) is 0 Å². The first-order valence-corrected chi connectivity index (χ1v) is 6.55. The highest BCUT2D eigenvalue weighted by Gasteiger charge is 2.18. The predicted molar refractivity (Wildman–Crippen MR) is 70.0 cm³/mol. The highest BCUT2D eigenvalue weighted by atomic mass is 16.7. The molecule has 0 unspecified atom stereocenters. The first kappa shape index (κ1) is 13.1. The first-order valence-electron chi connectivity index (χ1n) is 6.55. The third-order valence-corrected chi connectivity index (χ3v) is 3.30. The Balaban J connectivity index is 1.94. The molecule has 1 amide bonds. The van der Waals surface area contributed by atoms with Crippen LogP contribution in [0.1, 0.15) is 41.6 Å². The fourth-order valence-corrected chi connectivity index (χ4v) is 2.31. The monoisotopic (exact) mass is 248 g/mol. The normalized spacial score (nSPS) is 15.8. The number of nitrogens with two attached hydrogens (primary N) is 1. The molecule has 1 aromatic carbocycles. The Morgan fingerprint density at radius 3 is 2.78 bits per heavy atom. The Morgan fingerprint density at radius 2 is 2.06 bits per heavy atom. The van der Waals surface area contributed by atoms with Gasteiger partial charge in [-0.05, 0) is 37.4 Å². The molecule has 1 aliphatic rings. The van der Waals surface area contributed by atoms with Crippen LogP contribution in [0.4, 0.5) is 0 Å². The molecule has 0 atom stereocenters. The van der Waals surface area contributed by atoms with E-state index in [1.807, 2.05) is 18.2 Å². The van der Waals surface area contributed by atoms with Crippen LogP contribution in [0.2, 0.25) is 0 Å². The third-order valence-electron chi connectivity index (χ3n) is 3.30. The average molecular weight is 248 g/mol. The van der Waals surface area contributed by atoms with Gasteiger partial charge in [0.2, 0.25) is 0 Å². The molecule has 18 heavy (non-hydrogen) atoms. The van der Waals surface area contributed by atoms with E-state index in [0.717, 1.165) is 18.4 Å². The SMILES string of the molecule is NCCc1ccccc1C(=O)NOC1CCCC1. The summed E-state index contributed by atoms with van der Waals surface area (Å²) >= 11 is 0. The van der Waals surface area contributed by atoms with Crippen molar-refractivity contribution in [2.45, 2.75) is 38.2 Å². The third kappa shape index (κ3) is 3.31. The van der Waals surface area contributed by atoms with Crippen LogP contribution in [-0.4, -0.2) is 18.6 Å². The van der Waals surface area contributed by atoms with Crippen molar-refractivity contribution in [3.63, 3.8) is 0 Å². The molecule has 4 nitrogen and oxygen atoms in total. The molecule has 3 N–H and O–H groups in total. The lowest BCUT2D eigenvalue weighted by Crippen LogP contribution is -2.29. The quantitative estimate of drug-likeness (QED) is 0.781. The van der Waals surface area contributed by atoms with Crippen molar-refractivity contribution in [2.24, 2.45) is 5.73 Å². The minimum absolute atomic E-state index is 0.175. The van der Waals surface area contributed by atoms with E-state index in [4.69, 9.17) is 10.6 Å². The molecule has 1 saturated carbocycles. The average Bonchev–Trinajstić information content (AvgIpc) is 2.90. The zero-order chi connectivity index (χ0) is 12.8. The molecule has 4 heteroatoms. The van der Waals surface area contributed by atoms with Crippen molar-refractivity contribution in [3.8, 4) is 0 Å². The largest absolute Gasteiger partial charge is 0.330 e. The lowest BCUT2D eigenvalue weighted by atomic mass is 10.0. The van der Waals surface area contributed by atoms with Crippen molar-refractivity contribution in [1.82, 2.24) is 5.48 Å². The molecule has 0 bridgehead atoms. The number of hydrogen-bond donors (Lipinski definition) is 2. The fourth-order valence-electron chi connectivity index (χ4n) is 2.31. The topological polar surface area (TPSA) is 64.4 Å². The summed E-state index contributed by atoms with van der Waals surface area (Å²) < 4.78 is 0. The second kappa shape index (κ2) is 6.52. The van der Waals surface area contributed by atoms with Crippen molar-refractivity contribution in [3.05, 3.63) is 35.4 Å². The molecule has 1 aromatic rings. The summed E-state index contributed by atoms with van der Waals surface area (Å²) in [6, 6.07) is 7.50. The van der Waals surface area contributed by atoms with Crippen LogP contribution >= 0.6 is 0 Å². The van der Waals surface area contributed by atoms with E-state index in [-0.39, 0.29) is 12.0 Å². The molecule has 2 rings (SSSR count). The van der Waals surface area contributed by atoms with Gasteiger partial charge in [0.1, 0.15) is 0 Å². The van der Waals surface area contributed by atoms with Crippen LogP contribution in [0.3, 0.4) is 0 Å². The van der Waals surface area contributed by atoms with Crippen molar-refractivity contribution in [2.75, 3.05) is 6.54 Å². The molecule has 0 spiro atoms. The summed E-state index contributed by atoms with van der Waals surface area (Å²) in [7, 11) is 0. The summed E-state index contributed by atoms with van der Waals surface area (Å²) in [6.07, 6.45) is 5.31. The van der Waals surface area contributed by atoms with Gasteiger partial charge in [0.25, 0.3) is 5.91 Å². The summed E-state index contributed by atoms with van der Waals surface area (Å²) in [5, 5.41) is 0. The summed E-state index contributed by atoms with van der Waals surface area (Å²) in [5.41, 5.74) is 9.72. The van der Waals surface area contributed by atoms with E-state index in [1.54, 1.807) is 6.07 Å². The zero-order valence-corrected chi connectivity index (χ0v) is 10.5. The molecular formula is C14H20N2O2. The van der Waals surface area contributed by atoms with E-state index in [9.17, 15) is 4.79 Å². The Bertz CT molecular complexity index is 401. The number of hydroxylamine groups is 1. The second-order valence-electron chi connectivity index (χ2n) is 4.65. The van der Waals surface area contributed by atoms with Gasteiger partial charge < -0.3 is 5.73 Å². The number of benzene rings is 1. The van der Waals surface area contributed by atoms with Gasteiger partial charge in [-0.15, -0.1) is 0 Å². The van der Waals surface area contributed by atoms with Gasteiger partial charge in [-0.25, -0.2) is 5.48 Å². The zero-order valence-electron chi connectivity index (χ0n) is 10.5. The summed E-state index contributed by atoms with van der Waals surface area (Å²) in [6.45, 7) is 0.535. The van der Waals surface area contributed by atoms with Gasteiger partial charge in [0, 0.05) is 5.56 Å². The van der Waals surface area contributed by atoms with Crippen LogP contribution in [0.5, 0.6) is 0 Å². The van der Waals surface area contributed by atoms with Gasteiger partial charge in [-0.2, -0.15) is 0 Å². The van der Waals surface area contributed by atoms with Crippen LogP contribution < -0.4 is 11.2 Å².